The topological polar surface area (TPSA) is 237 Å². The molecule has 0 aromatic heterocycles. The van der Waals surface area contributed by atoms with Gasteiger partial charge in [-0.15, -0.1) is 0 Å². The van der Waals surface area contributed by atoms with Gasteiger partial charge in [-0.3, -0.25) is 37.3 Å². The lowest BCUT2D eigenvalue weighted by Crippen LogP contribution is -2.30. The van der Waals surface area contributed by atoms with Crippen LogP contribution in [0, 0.1) is 11.8 Å². The zero-order chi connectivity index (χ0) is 67.9. The van der Waals surface area contributed by atoms with Crippen molar-refractivity contribution in [2.75, 3.05) is 39.6 Å². The number of ether oxygens (including phenoxy) is 4. The second kappa shape index (κ2) is 65.0. The molecule has 3 N–H and O–H groups in total. The molecule has 0 saturated carbocycles. The van der Waals surface area contributed by atoms with Crippen molar-refractivity contribution < 1.29 is 80.2 Å². The molecule has 0 saturated heterocycles. The van der Waals surface area contributed by atoms with Gasteiger partial charge in [0.1, 0.15) is 19.3 Å². The second-order valence-electron chi connectivity index (χ2n) is 27.3. The molecule has 0 heterocycles. The maximum Gasteiger partial charge on any atom is 0.472 e. The highest BCUT2D eigenvalue weighted by molar-refractivity contribution is 7.47. The molecule has 0 rings (SSSR count). The number of hydrogen-bond donors (Lipinski definition) is 3. The Morgan fingerprint density at radius 3 is 0.739 bits per heavy atom. The third-order valence-corrected chi connectivity index (χ3v) is 18.9. The molecule has 0 aliphatic heterocycles. The van der Waals surface area contributed by atoms with E-state index in [1.54, 1.807) is 0 Å². The highest BCUT2D eigenvalue weighted by atomic mass is 31.2. The monoisotopic (exact) mass is 1350 g/mol. The van der Waals surface area contributed by atoms with E-state index >= 15 is 0 Å². The molecule has 0 aliphatic rings. The van der Waals surface area contributed by atoms with E-state index in [4.69, 9.17) is 37.0 Å². The van der Waals surface area contributed by atoms with Crippen LogP contribution >= 0.6 is 15.6 Å². The lowest BCUT2D eigenvalue weighted by atomic mass is 10.0. The van der Waals surface area contributed by atoms with Crippen LogP contribution in [-0.4, -0.2) is 96.7 Å². The van der Waals surface area contributed by atoms with Crippen molar-refractivity contribution in [3.63, 3.8) is 0 Å². The number of phosphoric acid groups is 2. The summed E-state index contributed by atoms with van der Waals surface area (Å²) in [6.45, 7) is 9.54. The van der Waals surface area contributed by atoms with Gasteiger partial charge in [-0.1, -0.05) is 324 Å². The molecule has 0 radical (unpaired) electrons. The average Bonchev–Trinajstić information content (AvgIpc) is 1.48. The fraction of sp³-hybridized carbons (Fsp3) is 0.945. The molecule has 0 spiro atoms. The van der Waals surface area contributed by atoms with Gasteiger partial charge in [0.05, 0.1) is 26.4 Å². The Kier molecular flexibility index (Phi) is 63.7. The van der Waals surface area contributed by atoms with Gasteiger partial charge in [0.25, 0.3) is 0 Å². The SMILES string of the molecule is CCCCCCCCCCCCCCCCCCC(=O)O[C@H](COC(=O)CCCCCCCCCCCCC(C)C)COP(=O)(O)OC[C@@H](O)COP(=O)(O)OC[C@@H](COC(=O)CCCCCCCCCCC(C)C)OC(=O)CCCCCCCCCCCCCC. The Morgan fingerprint density at radius 2 is 0.500 bits per heavy atom. The first-order valence-electron chi connectivity index (χ1n) is 38.0. The van der Waals surface area contributed by atoms with Crippen molar-refractivity contribution in [3.05, 3.63) is 0 Å². The van der Waals surface area contributed by atoms with E-state index in [-0.39, 0.29) is 25.7 Å². The van der Waals surface area contributed by atoms with E-state index < -0.39 is 97.5 Å². The Morgan fingerprint density at radius 1 is 0.293 bits per heavy atom. The number of rotatable bonds is 72. The van der Waals surface area contributed by atoms with E-state index in [9.17, 15) is 43.2 Å². The van der Waals surface area contributed by atoms with Gasteiger partial charge in [0.15, 0.2) is 12.2 Å². The minimum Gasteiger partial charge on any atom is -0.462 e. The summed E-state index contributed by atoms with van der Waals surface area (Å²) in [5.74, 6) is -0.633. The summed E-state index contributed by atoms with van der Waals surface area (Å²) in [5.41, 5.74) is 0. The zero-order valence-corrected chi connectivity index (χ0v) is 61.6. The lowest BCUT2D eigenvalue weighted by Gasteiger charge is -2.21. The number of hydrogen-bond acceptors (Lipinski definition) is 15. The summed E-state index contributed by atoms with van der Waals surface area (Å²) < 4.78 is 68.4. The van der Waals surface area contributed by atoms with Crippen LogP contribution < -0.4 is 0 Å². The number of carbonyl (C=O) groups is 4. The largest absolute Gasteiger partial charge is 0.472 e. The number of aliphatic hydroxyl groups excluding tert-OH is 1. The van der Waals surface area contributed by atoms with Gasteiger partial charge < -0.3 is 33.8 Å². The first-order valence-corrected chi connectivity index (χ1v) is 41.0. The van der Waals surface area contributed by atoms with E-state index in [0.717, 1.165) is 102 Å². The molecule has 19 heteroatoms. The predicted molar refractivity (Wildman–Crippen MR) is 372 cm³/mol. The van der Waals surface area contributed by atoms with E-state index in [1.807, 2.05) is 0 Å². The van der Waals surface area contributed by atoms with E-state index in [1.165, 1.54) is 193 Å². The van der Waals surface area contributed by atoms with E-state index in [0.29, 0.717) is 25.7 Å². The number of phosphoric ester groups is 2. The first-order chi connectivity index (χ1) is 44.4. The van der Waals surface area contributed by atoms with Gasteiger partial charge in [0.2, 0.25) is 0 Å². The smallest absolute Gasteiger partial charge is 0.462 e. The molecular formula is C73H142O17P2. The predicted octanol–water partition coefficient (Wildman–Crippen LogP) is 21.2. The number of carbonyl (C=O) groups excluding carboxylic acids is 4. The fourth-order valence-corrected chi connectivity index (χ4v) is 12.7. The van der Waals surface area contributed by atoms with Crippen LogP contribution in [0.5, 0.6) is 0 Å². The maximum absolute atomic E-state index is 13.1. The molecule has 0 fully saturated rings. The van der Waals surface area contributed by atoms with Crippen LogP contribution in [0.4, 0.5) is 0 Å². The number of esters is 4. The van der Waals surface area contributed by atoms with Crippen LogP contribution in [0.1, 0.15) is 375 Å². The molecule has 0 aromatic rings. The molecule has 5 atom stereocenters. The quantitative estimate of drug-likeness (QED) is 0.0222. The Bertz CT molecular complexity index is 1790. The molecule has 17 nitrogen and oxygen atoms in total. The highest BCUT2D eigenvalue weighted by Crippen LogP contribution is 2.45. The van der Waals surface area contributed by atoms with Crippen LogP contribution in [0.2, 0.25) is 0 Å². The third kappa shape index (κ3) is 66.7. The van der Waals surface area contributed by atoms with E-state index in [2.05, 4.69) is 41.5 Å². The second-order valence-corrected chi connectivity index (χ2v) is 30.2. The minimum absolute atomic E-state index is 0.107. The summed E-state index contributed by atoms with van der Waals surface area (Å²) in [5, 5.41) is 10.6. The molecule has 92 heavy (non-hydrogen) atoms. The standard InChI is InChI=1S/C73H142O17P2/c1-7-9-11-13-15-17-19-21-22-23-24-26-32-40-46-52-58-73(78)89-68(61-83-70(75)55-49-43-37-30-28-27-29-35-41-47-53-65(3)4)63-87-91(79,80)85-59-67(74)60-86-92(81,82)88-64-69(62-84-71(76)56-50-44-38-34-33-36-42-48-54-66(5)6)90-72(77)57-51-45-39-31-25-20-18-16-14-12-10-8-2/h65-69,74H,7-64H2,1-6H3,(H,79,80)(H,81,82)/t67-,68-,69-/m1/s1. The fourth-order valence-electron chi connectivity index (χ4n) is 11.1. The van der Waals surface area contributed by atoms with Crippen LogP contribution in [-0.2, 0) is 65.4 Å². The van der Waals surface area contributed by atoms with Crippen molar-refractivity contribution in [1.82, 2.24) is 0 Å². The minimum atomic E-state index is -4.95. The van der Waals surface area contributed by atoms with Crippen molar-refractivity contribution in [2.45, 2.75) is 394 Å². The van der Waals surface area contributed by atoms with Gasteiger partial charge in [0, 0.05) is 25.7 Å². The van der Waals surface area contributed by atoms with Crippen LogP contribution in [0.3, 0.4) is 0 Å². The molecule has 0 aromatic carbocycles. The zero-order valence-electron chi connectivity index (χ0n) is 59.9. The van der Waals surface area contributed by atoms with Crippen LogP contribution in [0.25, 0.3) is 0 Å². The molecule has 0 amide bonds. The van der Waals surface area contributed by atoms with Crippen molar-refractivity contribution in [2.24, 2.45) is 11.8 Å². The van der Waals surface area contributed by atoms with Gasteiger partial charge in [-0.05, 0) is 37.5 Å². The summed E-state index contributed by atoms with van der Waals surface area (Å²) in [6, 6.07) is 0. The van der Waals surface area contributed by atoms with Crippen molar-refractivity contribution in [3.8, 4) is 0 Å². The number of aliphatic hydroxyl groups is 1. The third-order valence-electron chi connectivity index (χ3n) is 17.0. The summed E-state index contributed by atoms with van der Waals surface area (Å²) in [7, 11) is -9.91. The molecular weight excluding hydrogens is 1210 g/mol. The Labute approximate surface area is 562 Å². The van der Waals surface area contributed by atoms with Gasteiger partial charge in [-0.25, -0.2) is 9.13 Å². The first kappa shape index (κ1) is 90.1. The summed E-state index contributed by atoms with van der Waals surface area (Å²) >= 11 is 0. The Balaban J connectivity index is 5.25. The molecule has 2 unspecified atom stereocenters. The van der Waals surface area contributed by atoms with Crippen molar-refractivity contribution >= 4 is 39.5 Å². The summed E-state index contributed by atoms with van der Waals surface area (Å²) in [4.78, 5) is 72.7. The van der Waals surface area contributed by atoms with Crippen molar-refractivity contribution in [1.29, 1.82) is 0 Å². The molecule has 546 valence electrons. The normalized spacial score (nSPS) is 14.1. The van der Waals surface area contributed by atoms with Gasteiger partial charge in [-0.2, -0.15) is 0 Å². The van der Waals surface area contributed by atoms with Crippen LogP contribution in [0.15, 0.2) is 0 Å². The highest BCUT2D eigenvalue weighted by Gasteiger charge is 2.30. The summed E-state index contributed by atoms with van der Waals surface area (Å²) in [6.07, 6.45) is 51.2. The molecule has 0 bridgehead atoms. The Hall–Kier alpha value is -1.94. The maximum atomic E-state index is 13.1. The molecule has 0 aliphatic carbocycles. The number of unbranched alkanes of at least 4 members (excludes halogenated alkanes) is 42. The average molecular weight is 1350 g/mol. The lowest BCUT2D eigenvalue weighted by molar-refractivity contribution is -0.161. The van der Waals surface area contributed by atoms with Gasteiger partial charge >= 0.3 is 39.5 Å².